The van der Waals surface area contributed by atoms with Crippen molar-refractivity contribution in [3.63, 3.8) is 0 Å². The van der Waals surface area contributed by atoms with E-state index in [1.807, 2.05) is 6.08 Å². The lowest BCUT2D eigenvalue weighted by molar-refractivity contribution is -0.174. The van der Waals surface area contributed by atoms with Crippen LogP contribution in [0.2, 0.25) is 0 Å². The van der Waals surface area contributed by atoms with Gasteiger partial charge in [-0.1, -0.05) is 45.6 Å². The maximum absolute atomic E-state index is 11.7. The minimum absolute atomic E-state index is 0.0655. The Morgan fingerprint density at radius 3 is 2.61 bits per heavy atom. The highest BCUT2D eigenvalue weighted by Gasteiger charge is 2.64. The van der Waals surface area contributed by atoms with Gasteiger partial charge in [0.05, 0.1) is 6.54 Å². The van der Waals surface area contributed by atoms with E-state index in [2.05, 4.69) is 32.0 Å². The molecule has 0 bridgehead atoms. The summed E-state index contributed by atoms with van der Waals surface area (Å²) in [6.45, 7) is 8.39. The fraction of sp³-hybridized carbons (Fsp3) is 0.828. The summed E-state index contributed by atoms with van der Waals surface area (Å²) in [5.41, 5.74) is 1.72. The second-order valence-electron chi connectivity index (χ2n) is 12.1. The summed E-state index contributed by atoms with van der Waals surface area (Å²) in [4.78, 5) is 11.7. The maximum atomic E-state index is 11.7. The van der Waals surface area contributed by atoms with Gasteiger partial charge in [-0.05, 0) is 117 Å². The van der Waals surface area contributed by atoms with Crippen molar-refractivity contribution < 1.29 is 4.79 Å². The van der Waals surface area contributed by atoms with Crippen LogP contribution in [0, 0.1) is 52.3 Å². The Labute approximate surface area is 191 Å². The SMILES string of the molecule is C#CCNC(=O)/C=C/CCCC1CCC2C3CCC4CCCC[C@@]4(C)C3(C)CCC12C. The third-order valence-electron chi connectivity index (χ3n) is 11.2. The Morgan fingerprint density at radius 2 is 1.81 bits per heavy atom. The molecule has 172 valence electrons. The number of nitrogens with one attached hydrogen (secondary N) is 1. The number of carbonyl (C=O) groups excluding carboxylic acids is 1. The standard InChI is InChI=1S/C29H45NO/c1-5-21-30-26(31)13-8-6-7-11-22-14-16-24-25-17-15-23-12-9-10-18-28(23,3)29(25,4)20-19-27(22,24)2/h1,8,13,22-25H,6-7,9-12,14-21H2,2-4H3,(H,30,31)/b13-8+/t22?,23?,24?,25?,27?,28-,29?/m1/s1. The minimum Gasteiger partial charge on any atom is -0.342 e. The molecule has 0 radical (unpaired) electrons. The average Bonchev–Trinajstić information content (AvgIpc) is 3.08. The molecule has 0 spiro atoms. The molecule has 6 unspecified atom stereocenters. The zero-order valence-electron chi connectivity index (χ0n) is 20.3. The van der Waals surface area contributed by atoms with Crippen LogP contribution in [0.25, 0.3) is 0 Å². The molecule has 4 aliphatic carbocycles. The maximum Gasteiger partial charge on any atom is 0.244 e. The number of hydrogen-bond acceptors (Lipinski definition) is 1. The number of rotatable bonds is 6. The normalized spacial score (nSPS) is 44.2. The van der Waals surface area contributed by atoms with Crippen molar-refractivity contribution in [3.8, 4) is 12.3 Å². The molecule has 0 aromatic heterocycles. The van der Waals surface area contributed by atoms with Crippen LogP contribution in [0.15, 0.2) is 12.2 Å². The first-order chi connectivity index (χ1) is 14.8. The van der Waals surface area contributed by atoms with Crippen molar-refractivity contribution >= 4 is 5.91 Å². The summed E-state index contributed by atoms with van der Waals surface area (Å²) >= 11 is 0. The van der Waals surface area contributed by atoms with Gasteiger partial charge in [-0.3, -0.25) is 4.79 Å². The molecule has 7 atom stereocenters. The van der Waals surface area contributed by atoms with E-state index in [1.54, 1.807) is 6.08 Å². The van der Waals surface area contributed by atoms with E-state index in [1.165, 1.54) is 77.0 Å². The van der Waals surface area contributed by atoms with Crippen LogP contribution in [-0.4, -0.2) is 12.5 Å². The van der Waals surface area contributed by atoms with Gasteiger partial charge >= 0.3 is 0 Å². The van der Waals surface area contributed by atoms with Crippen molar-refractivity contribution in [3.05, 3.63) is 12.2 Å². The van der Waals surface area contributed by atoms with Gasteiger partial charge in [0.25, 0.3) is 0 Å². The molecule has 0 aliphatic heterocycles. The minimum atomic E-state index is -0.0655. The molecule has 0 aromatic carbocycles. The molecule has 1 amide bonds. The predicted octanol–water partition coefficient (Wildman–Crippen LogP) is 6.90. The summed E-state index contributed by atoms with van der Waals surface area (Å²) in [5.74, 6) is 6.15. The fourth-order valence-corrected chi connectivity index (χ4v) is 9.13. The second kappa shape index (κ2) is 8.96. The Morgan fingerprint density at radius 1 is 1.00 bits per heavy atom. The van der Waals surface area contributed by atoms with Crippen LogP contribution in [0.1, 0.15) is 104 Å². The number of hydrogen-bond donors (Lipinski definition) is 1. The van der Waals surface area contributed by atoms with Crippen LogP contribution >= 0.6 is 0 Å². The summed E-state index contributed by atoms with van der Waals surface area (Å²) < 4.78 is 0. The van der Waals surface area contributed by atoms with Gasteiger partial charge in [0.2, 0.25) is 5.91 Å². The first kappa shape index (κ1) is 22.9. The smallest absolute Gasteiger partial charge is 0.244 e. The van der Waals surface area contributed by atoms with E-state index >= 15 is 0 Å². The van der Waals surface area contributed by atoms with Crippen LogP contribution in [0.3, 0.4) is 0 Å². The third-order valence-corrected chi connectivity index (χ3v) is 11.2. The molecular weight excluding hydrogens is 378 g/mol. The fourth-order valence-electron chi connectivity index (χ4n) is 9.13. The highest BCUT2D eigenvalue weighted by atomic mass is 16.1. The van der Waals surface area contributed by atoms with E-state index in [4.69, 9.17) is 6.42 Å². The van der Waals surface area contributed by atoms with Crippen molar-refractivity contribution in [1.29, 1.82) is 0 Å². The molecule has 1 N–H and O–H groups in total. The first-order valence-corrected chi connectivity index (χ1v) is 13.2. The lowest BCUT2D eigenvalue weighted by Crippen LogP contribution is -2.59. The monoisotopic (exact) mass is 423 g/mol. The molecule has 4 rings (SSSR count). The molecular formula is C29H45NO. The number of allylic oxidation sites excluding steroid dienone is 1. The number of carbonyl (C=O) groups is 1. The van der Waals surface area contributed by atoms with Crippen LogP contribution < -0.4 is 5.32 Å². The number of fused-ring (bicyclic) bond motifs is 5. The molecule has 2 heteroatoms. The lowest BCUT2D eigenvalue weighted by Gasteiger charge is -2.66. The third kappa shape index (κ3) is 3.89. The molecule has 0 aromatic rings. The molecule has 4 saturated carbocycles. The molecule has 0 heterocycles. The molecule has 2 nitrogen and oxygen atoms in total. The van der Waals surface area contributed by atoms with Gasteiger partial charge in [0, 0.05) is 0 Å². The summed E-state index contributed by atoms with van der Waals surface area (Å²) in [6, 6.07) is 0. The van der Waals surface area contributed by atoms with Crippen LogP contribution in [-0.2, 0) is 4.79 Å². The van der Waals surface area contributed by atoms with Crippen molar-refractivity contribution in [1.82, 2.24) is 5.32 Å². The molecule has 0 saturated heterocycles. The van der Waals surface area contributed by atoms with E-state index in [0.717, 1.165) is 30.1 Å². The van der Waals surface area contributed by atoms with Crippen molar-refractivity contribution in [2.75, 3.05) is 6.54 Å². The van der Waals surface area contributed by atoms with E-state index in [-0.39, 0.29) is 5.91 Å². The lowest BCUT2D eigenvalue weighted by atomic mass is 9.38. The summed E-state index contributed by atoms with van der Waals surface area (Å²) in [7, 11) is 0. The zero-order valence-corrected chi connectivity index (χ0v) is 20.3. The van der Waals surface area contributed by atoms with E-state index < -0.39 is 0 Å². The van der Waals surface area contributed by atoms with Gasteiger partial charge in [-0.25, -0.2) is 0 Å². The van der Waals surface area contributed by atoms with Gasteiger partial charge in [-0.2, -0.15) is 0 Å². The second-order valence-corrected chi connectivity index (χ2v) is 12.1. The van der Waals surface area contributed by atoms with Crippen LogP contribution in [0.4, 0.5) is 0 Å². The Bertz CT molecular complexity index is 734. The summed E-state index contributed by atoms with van der Waals surface area (Å²) in [5, 5.41) is 2.70. The quantitative estimate of drug-likeness (QED) is 0.281. The van der Waals surface area contributed by atoms with Gasteiger partial charge < -0.3 is 5.32 Å². The molecule has 4 aliphatic rings. The van der Waals surface area contributed by atoms with E-state index in [9.17, 15) is 4.79 Å². The predicted molar refractivity (Wildman–Crippen MR) is 129 cm³/mol. The van der Waals surface area contributed by atoms with Crippen molar-refractivity contribution in [2.24, 2.45) is 39.9 Å². The van der Waals surface area contributed by atoms with Gasteiger partial charge in [0.15, 0.2) is 0 Å². The van der Waals surface area contributed by atoms with Crippen LogP contribution in [0.5, 0.6) is 0 Å². The van der Waals surface area contributed by atoms with Crippen molar-refractivity contribution in [2.45, 2.75) is 104 Å². The highest BCUT2D eigenvalue weighted by Crippen LogP contribution is 2.72. The largest absolute Gasteiger partial charge is 0.342 e. The van der Waals surface area contributed by atoms with Gasteiger partial charge in [-0.15, -0.1) is 6.42 Å². The van der Waals surface area contributed by atoms with Gasteiger partial charge in [0.1, 0.15) is 0 Å². The topological polar surface area (TPSA) is 29.1 Å². The first-order valence-electron chi connectivity index (χ1n) is 13.2. The van der Waals surface area contributed by atoms with E-state index in [0.29, 0.717) is 22.8 Å². The Hall–Kier alpha value is -1.23. The summed E-state index contributed by atoms with van der Waals surface area (Å²) in [6.07, 6.45) is 27.1. The molecule has 4 fully saturated rings. The Kier molecular flexibility index (Phi) is 6.63. The average molecular weight is 424 g/mol. The highest BCUT2D eigenvalue weighted by molar-refractivity contribution is 5.87. The zero-order chi connectivity index (χ0) is 22.1. The number of terminal acetylenes is 1. The number of amides is 1. The number of unbranched alkanes of at least 4 members (excludes halogenated alkanes) is 1. The molecule has 31 heavy (non-hydrogen) atoms. The Balaban J connectivity index is 1.37.